The third-order valence-electron chi connectivity index (χ3n) is 7.96. The molecule has 1 saturated heterocycles. The number of nitrogens with zero attached hydrogens (tertiary/aromatic N) is 2. The largest absolute Gasteiger partial charge is 0.534 e. The Bertz CT molecular complexity index is 2070. The van der Waals surface area contributed by atoms with Crippen molar-refractivity contribution in [2.24, 2.45) is 0 Å². The molecule has 0 atom stereocenters. The first kappa shape index (κ1) is 34.9. The maximum Gasteiger partial charge on any atom is 0.534 e. The van der Waals surface area contributed by atoms with E-state index in [9.17, 15) is 28.8 Å². The van der Waals surface area contributed by atoms with Crippen molar-refractivity contribution in [2.45, 2.75) is 32.4 Å². The number of hydroxylamine groups is 2. The van der Waals surface area contributed by atoms with E-state index in [1.54, 1.807) is 17.0 Å². The minimum absolute atomic E-state index is 0.0292. The number of benzene rings is 4. The van der Waals surface area contributed by atoms with E-state index in [0.29, 0.717) is 22.9 Å². The first-order valence-corrected chi connectivity index (χ1v) is 16.2. The summed E-state index contributed by atoms with van der Waals surface area (Å²) in [6.07, 6.45) is -1.19. The smallest absolute Gasteiger partial charge is 0.484 e. The highest BCUT2D eigenvalue weighted by Crippen LogP contribution is 2.26. The van der Waals surface area contributed by atoms with Crippen LogP contribution in [-0.2, 0) is 41.9 Å². The third kappa shape index (κ3) is 8.80. The van der Waals surface area contributed by atoms with Gasteiger partial charge in [0.1, 0.15) is 18.1 Å². The minimum Gasteiger partial charge on any atom is -0.484 e. The van der Waals surface area contributed by atoms with Crippen molar-refractivity contribution >= 4 is 41.4 Å². The predicted octanol–water partition coefficient (Wildman–Crippen LogP) is 4.45. The van der Waals surface area contributed by atoms with E-state index >= 15 is 0 Å². The number of fused-ring (bicyclic) bond motifs is 2. The molecule has 2 aliphatic rings. The van der Waals surface area contributed by atoms with Gasteiger partial charge >= 0.3 is 12.1 Å². The van der Waals surface area contributed by atoms with Crippen LogP contribution >= 0.6 is 0 Å². The summed E-state index contributed by atoms with van der Waals surface area (Å²) < 4.78 is 15.9. The average Bonchev–Trinajstić information content (AvgIpc) is 3.47. The number of rotatable bonds is 11. The van der Waals surface area contributed by atoms with Gasteiger partial charge in [0.15, 0.2) is 6.61 Å². The normalized spacial score (nSPS) is 13.0. The molecule has 0 saturated carbocycles. The van der Waals surface area contributed by atoms with Crippen molar-refractivity contribution < 1.29 is 47.8 Å². The number of anilines is 1. The number of hydrogen-bond acceptors (Lipinski definition) is 10. The van der Waals surface area contributed by atoms with Crippen LogP contribution in [0.25, 0.3) is 0 Å². The molecule has 0 spiro atoms. The Balaban J connectivity index is 0.920. The van der Waals surface area contributed by atoms with Crippen LogP contribution in [0.1, 0.15) is 51.9 Å². The molecule has 1 N–H and O–H groups in total. The fourth-order valence-corrected chi connectivity index (χ4v) is 5.26. The van der Waals surface area contributed by atoms with Gasteiger partial charge in [0.25, 0.3) is 17.7 Å². The highest BCUT2D eigenvalue weighted by molar-refractivity contribution is 6.01. The van der Waals surface area contributed by atoms with Crippen LogP contribution in [0, 0.1) is 11.8 Å². The molecule has 0 radical (unpaired) electrons. The van der Waals surface area contributed by atoms with Crippen molar-refractivity contribution in [3.8, 4) is 23.3 Å². The predicted molar refractivity (Wildman–Crippen MR) is 183 cm³/mol. The Morgan fingerprint density at radius 1 is 0.750 bits per heavy atom. The lowest BCUT2D eigenvalue weighted by atomic mass is 10.0. The number of ether oxygens (including phenoxy) is 3. The molecule has 2 aliphatic heterocycles. The van der Waals surface area contributed by atoms with E-state index in [-0.39, 0.29) is 56.2 Å². The van der Waals surface area contributed by atoms with Crippen molar-refractivity contribution in [1.82, 2.24) is 10.4 Å². The van der Waals surface area contributed by atoms with Crippen molar-refractivity contribution in [3.05, 3.63) is 125 Å². The first-order chi connectivity index (χ1) is 25.2. The highest BCUT2D eigenvalue weighted by Gasteiger charge is 2.33. The Morgan fingerprint density at radius 3 is 2.15 bits per heavy atom. The van der Waals surface area contributed by atoms with Gasteiger partial charge in [0.05, 0.1) is 17.8 Å². The van der Waals surface area contributed by atoms with Gasteiger partial charge in [-0.2, -0.15) is 0 Å². The van der Waals surface area contributed by atoms with Gasteiger partial charge in [0, 0.05) is 36.9 Å². The number of carbonyl (C=O) groups is 6. The van der Waals surface area contributed by atoms with Crippen LogP contribution in [0.4, 0.5) is 10.5 Å². The number of nitrogens with one attached hydrogen (secondary N) is 1. The van der Waals surface area contributed by atoms with Crippen molar-refractivity contribution in [1.29, 1.82) is 0 Å². The average molecular weight is 702 g/mol. The molecule has 0 aromatic heterocycles. The molecular weight excluding hydrogens is 670 g/mol. The van der Waals surface area contributed by atoms with Crippen LogP contribution in [0.2, 0.25) is 0 Å². The van der Waals surface area contributed by atoms with Crippen molar-refractivity contribution in [3.63, 3.8) is 0 Å². The summed E-state index contributed by atoms with van der Waals surface area (Å²) >= 11 is 0. The second-order valence-electron chi connectivity index (χ2n) is 11.6. The number of imide groups is 1. The summed E-state index contributed by atoms with van der Waals surface area (Å²) in [7, 11) is 0. The fraction of sp³-hybridized carbons (Fsp3) is 0.179. The van der Waals surface area contributed by atoms with Crippen LogP contribution < -0.4 is 19.7 Å². The molecule has 4 aromatic rings. The lowest BCUT2D eigenvalue weighted by Crippen LogP contribution is -2.36. The quantitative estimate of drug-likeness (QED) is 0.103. The lowest BCUT2D eigenvalue weighted by molar-refractivity contribution is -0.177. The second kappa shape index (κ2) is 16.2. The molecule has 13 heteroatoms. The monoisotopic (exact) mass is 701 g/mol. The molecular formula is C39H31N3O10. The molecule has 1 fully saturated rings. The van der Waals surface area contributed by atoms with Gasteiger partial charge in [-0.05, 0) is 65.7 Å². The minimum atomic E-state index is -1.20. The molecule has 4 aromatic carbocycles. The van der Waals surface area contributed by atoms with Gasteiger partial charge in [-0.1, -0.05) is 59.4 Å². The summed E-state index contributed by atoms with van der Waals surface area (Å²) in [6.45, 7) is -0.0320. The Hall–Kier alpha value is -6.94. The van der Waals surface area contributed by atoms with E-state index in [0.717, 1.165) is 22.4 Å². The van der Waals surface area contributed by atoms with Gasteiger partial charge < -0.3 is 24.4 Å². The fourth-order valence-electron chi connectivity index (χ4n) is 5.26. The second-order valence-corrected chi connectivity index (χ2v) is 11.6. The Morgan fingerprint density at radius 2 is 1.40 bits per heavy atom. The highest BCUT2D eigenvalue weighted by atomic mass is 16.8. The number of para-hydroxylation sites is 1. The van der Waals surface area contributed by atoms with Crippen LogP contribution in [0.15, 0.2) is 97.1 Å². The van der Waals surface area contributed by atoms with E-state index in [1.807, 2.05) is 48.5 Å². The van der Waals surface area contributed by atoms with Crippen LogP contribution in [0.5, 0.6) is 11.5 Å². The topological polar surface area (TPSA) is 158 Å². The standard InChI is InChI=1S/C39H31N3O10/c43-34(40-22-21-35(44)41-23-30-7-2-1-5-27(30)11-12-28-6-3-4-8-33(28)41)25-49-31-17-13-29(14-18-31)38(47)51-32-15-9-26(10-16-32)24-50-39(48)52-42-36(45)19-20-37(42)46/h1-10,13-18H,19-25H2,(H,40,43). The number of amides is 4. The summed E-state index contributed by atoms with van der Waals surface area (Å²) in [5.41, 5.74) is 4.04. The zero-order valence-electron chi connectivity index (χ0n) is 27.7. The molecule has 262 valence electrons. The van der Waals surface area contributed by atoms with Gasteiger partial charge in [-0.25, -0.2) is 9.59 Å². The Labute approximate surface area is 298 Å². The zero-order chi connectivity index (χ0) is 36.5. The van der Waals surface area contributed by atoms with Gasteiger partial charge in [0.2, 0.25) is 5.91 Å². The SMILES string of the molecule is O=C(COc1ccc(C(=O)Oc2ccc(COC(=O)ON3C(=O)CCC3=O)cc2)cc1)NCCC(=O)N1Cc2ccccc2C#Cc2ccccc21. The lowest BCUT2D eigenvalue weighted by Gasteiger charge is -2.26. The molecule has 52 heavy (non-hydrogen) atoms. The summed E-state index contributed by atoms with van der Waals surface area (Å²) in [4.78, 5) is 79.7. The van der Waals surface area contributed by atoms with Crippen LogP contribution in [-0.4, -0.2) is 54.0 Å². The van der Waals surface area contributed by atoms with Gasteiger partial charge in [-0.15, -0.1) is 0 Å². The molecule has 13 nitrogen and oxygen atoms in total. The number of carbonyl (C=O) groups excluding carboxylic acids is 6. The molecule has 6 rings (SSSR count). The molecule has 0 bridgehead atoms. The first-order valence-electron chi connectivity index (χ1n) is 16.2. The summed E-state index contributed by atoms with van der Waals surface area (Å²) in [6, 6.07) is 27.3. The van der Waals surface area contributed by atoms with E-state index in [1.165, 1.54) is 36.4 Å². The summed E-state index contributed by atoms with van der Waals surface area (Å²) in [5.74, 6) is 4.49. The van der Waals surface area contributed by atoms with E-state index in [4.69, 9.17) is 14.2 Å². The molecule has 0 aliphatic carbocycles. The van der Waals surface area contributed by atoms with Gasteiger partial charge in [-0.3, -0.25) is 24.0 Å². The molecule has 0 unspecified atom stereocenters. The Kier molecular flexibility index (Phi) is 10.9. The van der Waals surface area contributed by atoms with E-state index in [2.05, 4.69) is 22.0 Å². The molecule has 2 heterocycles. The van der Waals surface area contributed by atoms with E-state index < -0.39 is 29.8 Å². The van der Waals surface area contributed by atoms with Crippen molar-refractivity contribution in [2.75, 3.05) is 18.1 Å². The number of esters is 1. The third-order valence-corrected chi connectivity index (χ3v) is 7.96. The van der Waals surface area contributed by atoms with Crippen LogP contribution in [0.3, 0.4) is 0 Å². The number of hydrogen-bond donors (Lipinski definition) is 1. The summed E-state index contributed by atoms with van der Waals surface area (Å²) in [5, 5.41) is 3.10. The maximum atomic E-state index is 13.3. The maximum absolute atomic E-state index is 13.3. The zero-order valence-corrected chi connectivity index (χ0v) is 27.7. The molecule has 4 amide bonds.